The quantitative estimate of drug-likeness (QED) is 0.550. The van der Waals surface area contributed by atoms with E-state index in [2.05, 4.69) is 10.4 Å². The predicted molar refractivity (Wildman–Crippen MR) is 112 cm³/mol. The molecule has 2 heterocycles. The number of fused-ring (bicyclic) bond motifs is 2. The first-order chi connectivity index (χ1) is 14.7. The second kappa shape index (κ2) is 7.40. The molecule has 6 heteroatoms. The summed E-state index contributed by atoms with van der Waals surface area (Å²) < 4.78 is 12.8. The number of benzene rings is 3. The molecule has 1 aliphatic heterocycles. The number of carbonyl (C=O) groups is 1. The second-order valence-corrected chi connectivity index (χ2v) is 6.93. The number of methoxy groups -OCH3 is 1. The van der Waals surface area contributed by atoms with E-state index in [0.29, 0.717) is 5.69 Å². The zero-order valence-electron chi connectivity index (χ0n) is 16.3. The van der Waals surface area contributed by atoms with Crippen molar-refractivity contribution in [2.45, 2.75) is 6.04 Å². The van der Waals surface area contributed by atoms with E-state index >= 15 is 0 Å². The highest BCUT2D eigenvalue weighted by Crippen LogP contribution is 2.42. The Morgan fingerprint density at radius 3 is 2.20 bits per heavy atom. The Labute approximate surface area is 173 Å². The molecule has 1 N–H and O–H groups in total. The highest BCUT2D eigenvalue weighted by molar-refractivity contribution is 5.93. The molecule has 0 unspecified atom stereocenters. The van der Waals surface area contributed by atoms with E-state index in [9.17, 15) is 4.79 Å². The van der Waals surface area contributed by atoms with Crippen molar-refractivity contribution in [1.29, 1.82) is 0 Å². The van der Waals surface area contributed by atoms with Crippen molar-refractivity contribution in [2.75, 3.05) is 7.11 Å². The van der Waals surface area contributed by atoms with Crippen LogP contribution < -0.4 is 14.8 Å². The number of nitrogens with zero attached hydrogens (tertiary/aromatic N) is 2. The second-order valence-electron chi connectivity index (χ2n) is 6.93. The number of aromatic nitrogens is 2. The Bertz CT molecular complexity index is 1170. The molecular formula is C24H19N3O3. The first kappa shape index (κ1) is 18.0. The van der Waals surface area contributed by atoms with Gasteiger partial charge in [0.05, 0.1) is 18.8 Å². The van der Waals surface area contributed by atoms with Crippen molar-refractivity contribution in [3.63, 3.8) is 0 Å². The number of para-hydroxylation sites is 2. The molecule has 3 aromatic carbocycles. The van der Waals surface area contributed by atoms with Crippen molar-refractivity contribution in [1.82, 2.24) is 15.1 Å². The Hall–Kier alpha value is -4.06. The van der Waals surface area contributed by atoms with Crippen LogP contribution in [0.4, 0.5) is 0 Å². The van der Waals surface area contributed by atoms with E-state index in [1.165, 1.54) is 0 Å². The van der Waals surface area contributed by atoms with Crippen LogP contribution in [0.15, 0.2) is 85.1 Å². The van der Waals surface area contributed by atoms with Gasteiger partial charge in [-0.3, -0.25) is 4.79 Å². The van der Waals surface area contributed by atoms with Gasteiger partial charge in [0, 0.05) is 17.3 Å². The Morgan fingerprint density at radius 1 is 0.933 bits per heavy atom. The number of hydrogen-bond acceptors (Lipinski definition) is 4. The van der Waals surface area contributed by atoms with Crippen LogP contribution in [0.25, 0.3) is 5.69 Å². The molecule has 1 aromatic heterocycles. The van der Waals surface area contributed by atoms with Crippen LogP contribution in [0.3, 0.4) is 0 Å². The zero-order chi connectivity index (χ0) is 20.5. The molecule has 1 aliphatic rings. The molecule has 6 nitrogen and oxygen atoms in total. The molecule has 1 amide bonds. The number of amides is 1. The van der Waals surface area contributed by atoms with Gasteiger partial charge < -0.3 is 14.8 Å². The highest BCUT2D eigenvalue weighted by atomic mass is 16.5. The summed E-state index contributed by atoms with van der Waals surface area (Å²) in [5, 5.41) is 7.56. The van der Waals surface area contributed by atoms with E-state index in [1.54, 1.807) is 24.1 Å². The van der Waals surface area contributed by atoms with E-state index in [4.69, 9.17) is 9.47 Å². The van der Waals surface area contributed by atoms with Gasteiger partial charge in [-0.15, -0.1) is 0 Å². The Balaban J connectivity index is 1.43. The molecule has 4 aromatic rings. The third kappa shape index (κ3) is 3.18. The summed E-state index contributed by atoms with van der Waals surface area (Å²) in [7, 11) is 1.62. The van der Waals surface area contributed by atoms with Crippen molar-refractivity contribution < 1.29 is 14.3 Å². The van der Waals surface area contributed by atoms with Crippen LogP contribution in [-0.4, -0.2) is 22.8 Å². The number of rotatable bonds is 4. The van der Waals surface area contributed by atoms with Crippen LogP contribution in [0.5, 0.6) is 17.2 Å². The minimum Gasteiger partial charge on any atom is -0.497 e. The fraction of sp³-hybridized carbons (Fsp3) is 0.0833. The molecule has 0 saturated carbocycles. The van der Waals surface area contributed by atoms with E-state index in [1.807, 2.05) is 72.8 Å². The summed E-state index contributed by atoms with van der Waals surface area (Å²) in [5.41, 5.74) is 3.02. The van der Waals surface area contributed by atoms with E-state index < -0.39 is 0 Å². The molecule has 0 fully saturated rings. The molecule has 0 saturated heterocycles. The predicted octanol–water partition coefficient (Wildman–Crippen LogP) is 4.51. The van der Waals surface area contributed by atoms with Gasteiger partial charge in [-0.05, 0) is 42.5 Å². The SMILES string of the molecule is COc1ccc(-n2ccc(C(=O)NC3c4ccccc4Oc4ccccc43)n2)cc1. The number of ether oxygens (including phenoxy) is 2. The standard InChI is InChI=1S/C24H19N3O3/c1-29-17-12-10-16(11-13-17)27-15-14-20(26-27)24(28)25-23-18-6-2-4-8-21(18)30-22-9-5-3-7-19(22)23/h2-15,23H,1H3,(H,25,28). The average Bonchev–Trinajstić information content (AvgIpc) is 3.29. The summed E-state index contributed by atoms with van der Waals surface area (Å²) in [5.74, 6) is 2.00. The maximum atomic E-state index is 13.0. The van der Waals surface area contributed by atoms with Gasteiger partial charge >= 0.3 is 0 Å². The van der Waals surface area contributed by atoms with Gasteiger partial charge in [-0.2, -0.15) is 5.10 Å². The number of nitrogens with one attached hydrogen (secondary N) is 1. The third-order valence-electron chi connectivity index (χ3n) is 5.11. The van der Waals surface area contributed by atoms with Crippen LogP contribution in [-0.2, 0) is 0 Å². The number of hydrogen-bond donors (Lipinski definition) is 1. The summed E-state index contributed by atoms with van der Waals surface area (Å²) in [6.07, 6.45) is 1.77. The van der Waals surface area contributed by atoms with Crippen LogP contribution in [0.1, 0.15) is 27.7 Å². The average molecular weight is 397 g/mol. The molecule has 30 heavy (non-hydrogen) atoms. The normalized spacial score (nSPS) is 12.4. The fourth-order valence-corrected chi connectivity index (χ4v) is 3.59. The molecule has 0 aliphatic carbocycles. The lowest BCUT2D eigenvalue weighted by molar-refractivity contribution is 0.0936. The van der Waals surface area contributed by atoms with Crippen molar-refractivity contribution in [2.24, 2.45) is 0 Å². The van der Waals surface area contributed by atoms with E-state index in [0.717, 1.165) is 34.1 Å². The minimum absolute atomic E-state index is 0.251. The monoisotopic (exact) mass is 397 g/mol. The maximum absolute atomic E-state index is 13.0. The molecule has 5 rings (SSSR count). The molecule has 0 spiro atoms. The molecule has 0 radical (unpaired) electrons. The molecule has 0 atom stereocenters. The Morgan fingerprint density at radius 2 is 1.57 bits per heavy atom. The smallest absolute Gasteiger partial charge is 0.272 e. The van der Waals surface area contributed by atoms with Crippen LogP contribution in [0, 0.1) is 0 Å². The summed E-state index contributed by atoms with van der Waals surface area (Å²) in [6, 6.07) is 24.3. The van der Waals surface area contributed by atoms with Crippen molar-refractivity contribution >= 4 is 5.91 Å². The summed E-state index contributed by atoms with van der Waals surface area (Å²) in [4.78, 5) is 13.0. The van der Waals surface area contributed by atoms with Crippen LogP contribution >= 0.6 is 0 Å². The topological polar surface area (TPSA) is 65.4 Å². The van der Waals surface area contributed by atoms with Crippen LogP contribution in [0.2, 0.25) is 0 Å². The molecule has 0 bridgehead atoms. The van der Waals surface area contributed by atoms with Gasteiger partial charge in [0.2, 0.25) is 0 Å². The number of carbonyl (C=O) groups excluding carboxylic acids is 1. The summed E-state index contributed by atoms with van der Waals surface area (Å²) in [6.45, 7) is 0. The summed E-state index contributed by atoms with van der Waals surface area (Å²) >= 11 is 0. The lowest BCUT2D eigenvalue weighted by Crippen LogP contribution is -2.31. The fourth-order valence-electron chi connectivity index (χ4n) is 3.59. The first-order valence-corrected chi connectivity index (χ1v) is 9.59. The Kier molecular flexibility index (Phi) is 4.44. The lowest BCUT2D eigenvalue weighted by Gasteiger charge is -2.28. The first-order valence-electron chi connectivity index (χ1n) is 9.59. The highest BCUT2D eigenvalue weighted by Gasteiger charge is 2.28. The van der Waals surface area contributed by atoms with Gasteiger partial charge in [-0.1, -0.05) is 36.4 Å². The van der Waals surface area contributed by atoms with Gasteiger partial charge in [0.15, 0.2) is 5.69 Å². The largest absolute Gasteiger partial charge is 0.497 e. The minimum atomic E-state index is -0.315. The molecular weight excluding hydrogens is 378 g/mol. The zero-order valence-corrected chi connectivity index (χ0v) is 16.3. The van der Waals surface area contributed by atoms with Crippen molar-refractivity contribution in [3.05, 3.63) is 102 Å². The van der Waals surface area contributed by atoms with E-state index in [-0.39, 0.29) is 11.9 Å². The lowest BCUT2D eigenvalue weighted by atomic mass is 9.94. The molecule has 148 valence electrons. The van der Waals surface area contributed by atoms with Gasteiger partial charge in [-0.25, -0.2) is 4.68 Å². The maximum Gasteiger partial charge on any atom is 0.272 e. The third-order valence-corrected chi connectivity index (χ3v) is 5.11. The van der Waals surface area contributed by atoms with Gasteiger partial charge in [0.25, 0.3) is 5.91 Å². The van der Waals surface area contributed by atoms with Gasteiger partial charge in [0.1, 0.15) is 17.2 Å². The van der Waals surface area contributed by atoms with Crippen molar-refractivity contribution in [3.8, 4) is 22.9 Å².